The number of nitrogens with zero attached hydrogens (tertiary/aromatic N) is 1. The topological polar surface area (TPSA) is 73.6 Å². The van der Waals surface area contributed by atoms with E-state index < -0.39 is 23.0 Å². The summed E-state index contributed by atoms with van der Waals surface area (Å²) >= 11 is 3.35. The average molecular weight is 479 g/mol. The van der Waals surface area contributed by atoms with E-state index in [0.29, 0.717) is 0 Å². The highest BCUT2D eigenvalue weighted by Gasteiger charge is 2.62. The Hall–Kier alpha value is -1.28. The summed E-state index contributed by atoms with van der Waals surface area (Å²) in [6, 6.07) is 3.65. The van der Waals surface area contributed by atoms with Crippen LogP contribution in [0.4, 0.5) is 0 Å². The van der Waals surface area contributed by atoms with Crippen LogP contribution in [0.5, 0.6) is 0 Å². The first-order valence-corrected chi connectivity index (χ1v) is 8.65. The summed E-state index contributed by atoms with van der Waals surface area (Å²) in [5, 5.41) is 0. The monoisotopic (exact) mass is 477 g/mol. The molecule has 0 N–H and O–H groups in total. The van der Waals surface area contributed by atoms with E-state index in [2.05, 4.69) is 15.9 Å². The standard InChI is InChI=1S/C17H21BrNO5.BrH/c1-4-17(14(21)23-5-2)11-16(3,24-15(17)22)13(20)10-19-8-6-7-12(18)9-19;/h6-9H,4-5,10-11H2,1-3H3;1H/q+1;/p-1. The van der Waals surface area contributed by atoms with Crippen LogP contribution in [0.1, 0.15) is 33.6 Å². The minimum atomic E-state index is -1.40. The lowest BCUT2D eigenvalue weighted by Gasteiger charge is -2.22. The first-order chi connectivity index (χ1) is 11.3. The zero-order chi connectivity index (χ0) is 18.0. The molecule has 0 amide bonds. The molecule has 0 saturated carbocycles. The molecule has 2 heterocycles. The van der Waals surface area contributed by atoms with Gasteiger partial charge >= 0.3 is 11.9 Å². The molecule has 138 valence electrons. The molecule has 1 aliphatic rings. The zero-order valence-corrected chi connectivity index (χ0v) is 17.6. The number of esters is 2. The second-order valence-corrected chi connectivity index (χ2v) is 6.99. The summed E-state index contributed by atoms with van der Waals surface area (Å²) in [5.41, 5.74) is -2.74. The summed E-state index contributed by atoms with van der Waals surface area (Å²) in [6.45, 7) is 5.17. The Kier molecular flexibility index (Phi) is 7.31. The first-order valence-electron chi connectivity index (χ1n) is 7.86. The molecule has 1 aromatic rings. The van der Waals surface area contributed by atoms with E-state index in [4.69, 9.17) is 9.47 Å². The Balaban J connectivity index is 0.00000312. The summed E-state index contributed by atoms with van der Waals surface area (Å²) in [5.74, 6) is -1.57. The summed E-state index contributed by atoms with van der Waals surface area (Å²) in [4.78, 5) is 37.4. The molecule has 0 aliphatic carbocycles. The third kappa shape index (κ3) is 4.28. The van der Waals surface area contributed by atoms with Crippen LogP contribution in [0.25, 0.3) is 0 Å². The lowest BCUT2D eigenvalue weighted by molar-refractivity contribution is -0.685. The number of hydrogen-bond donors (Lipinski definition) is 0. The fraction of sp³-hybridized carbons (Fsp3) is 0.529. The van der Waals surface area contributed by atoms with E-state index in [1.807, 2.05) is 6.07 Å². The number of aromatic nitrogens is 1. The van der Waals surface area contributed by atoms with Gasteiger partial charge in [0.2, 0.25) is 12.3 Å². The summed E-state index contributed by atoms with van der Waals surface area (Å²) in [6.07, 6.45) is 3.75. The van der Waals surface area contributed by atoms with Crippen molar-refractivity contribution in [2.24, 2.45) is 5.41 Å². The number of cyclic esters (lactones) is 1. The van der Waals surface area contributed by atoms with Crippen LogP contribution in [-0.2, 0) is 30.4 Å². The molecule has 2 unspecified atom stereocenters. The Morgan fingerprint density at radius 3 is 2.64 bits per heavy atom. The summed E-state index contributed by atoms with van der Waals surface area (Å²) in [7, 11) is 0. The maximum atomic E-state index is 12.7. The van der Waals surface area contributed by atoms with E-state index in [1.165, 1.54) is 0 Å². The highest BCUT2D eigenvalue weighted by molar-refractivity contribution is 9.10. The van der Waals surface area contributed by atoms with E-state index in [1.54, 1.807) is 43.8 Å². The molecule has 8 heteroatoms. The van der Waals surface area contributed by atoms with Gasteiger partial charge in [-0.2, -0.15) is 4.57 Å². The van der Waals surface area contributed by atoms with Crippen molar-refractivity contribution >= 4 is 33.7 Å². The van der Waals surface area contributed by atoms with Gasteiger partial charge in [-0.15, -0.1) is 0 Å². The molecule has 25 heavy (non-hydrogen) atoms. The second kappa shape index (κ2) is 8.40. The van der Waals surface area contributed by atoms with Gasteiger partial charge < -0.3 is 26.5 Å². The van der Waals surface area contributed by atoms with Crippen molar-refractivity contribution in [3.63, 3.8) is 0 Å². The number of ether oxygens (including phenoxy) is 2. The predicted octanol–water partition coefficient (Wildman–Crippen LogP) is -1.03. The molecule has 0 aromatic carbocycles. The minimum Gasteiger partial charge on any atom is -1.00 e. The maximum absolute atomic E-state index is 12.7. The van der Waals surface area contributed by atoms with Crippen LogP contribution in [0, 0.1) is 5.41 Å². The maximum Gasteiger partial charge on any atom is 0.324 e. The van der Waals surface area contributed by atoms with E-state index in [9.17, 15) is 14.4 Å². The van der Waals surface area contributed by atoms with Crippen molar-refractivity contribution in [3.05, 3.63) is 29.0 Å². The van der Waals surface area contributed by atoms with E-state index in [-0.39, 0.29) is 48.8 Å². The summed E-state index contributed by atoms with van der Waals surface area (Å²) < 4.78 is 12.9. The molecule has 2 atom stereocenters. The molecule has 1 aromatic heterocycles. The van der Waals surface area contributed by atoms with Crippen molar-refractivity contribution in [2.75, 3.05) is 6.61 Å². The van der Waals surface area contributed by atoms with Crippen LogP contribution < -0.4 is 21.5 Å². The first kappa shape index (κ1) is 21.8. The van der Waals surface area contributed by atoms with Gasteiger partial charge in [-0.25, -0.2) is 0 Å². The highest BCUT2D eigenvalue weighted by atomic mass is 79.9. The smallest absolute Gasteiger partial charge is 0.324 e. The molecule has 0 radical (unpaired) electrons. The number of ketones is 1. The van der Waals surface area contributed by atoms with Gasteiger partial charge in [-0.1, -0.05) is 6.92 Å². The molecule has 0 spiro atoms. The van der Waals surface area contributed by atoms with Gasteiger partial charge in [0.1, 0.15) is 0 Å². The number of rotatable bonds is 6. The number of carbonyl (C=O) groups is 3. The number of Topliss-reactive ketones (excluding diaryl/α,β-unsaturated/α-hetero) is 1. The SMILES string of the molecule is CCOC(=O)C1(CC)CC(C)(C(=O)C[n+]2cccc(Br)c2)OC1=O.[Br-]. The van der Waals surface area contributed by atoms with Gasteiger partial charge in [0, 0.05) is 12.5 Å². The third-order valence-electron chi connectivity index (χ3n) is 4.36. The van der Waals surface area contributed by atoms with E-state index in [0.717, 1.165) is 4.47 Å². The normalized spacial score (nSPS) is 25.0. The van der Waals surface area contributed by atoms with Crippen LogP contribution in [0.15, 0.2) is 29.0 Å². The van der Waals surface area contributed by atoms with Crippen LogP contribution in [0.3, 0.4) is 0 Å². The fourth-order valence-corrected chi connectivity index (χ4v) is 3.32. The lowest BCUT2D eigenvalue weighted by atomic mass is 9.77. The van der Waals surface area contributed by atoms with Gasteiger partial charge in [0.25, 0.3) is 0 Å². The fourth-order valence-electron chi connectivity index (χ4n) is 2.90. The van der Waals surface area contributed by atoms with Gasteiger partial charge in [-0.3, -0.25) is 14.4 Å². The van der Waals surface area contributed by atoms with Crippen molar-refractivity contribution in [1.29, 1.82) is 0 Å². The Morgan fingerprint density at radius 1 is 1.40 bits per heavy atom. The van der Waals surface area contributed by atoms with Crippen LogP contribution in [0.2, 0.25) is 0 Å². The van der Waals surface area contributed by atoms with Gasteiger partial charge in [0.05, 0.1) is 11.1 Å². The molecule has 6 nitrogen and oxygen atoms in total. The Labute approximate surface area is 165 Å². The minimum absolute atomic E-state index is 0. The lowest BCUT2D eigenvalue weighted by Crippen LogP contribution is -3.00. The molecule has 2 rings (SSSR count). The molecule has 1 saturated heterocycles. The number of halogens is 2. The number of carbonyl (C=O) groups excluding carboxylic acids is 3. The molecule has 0 bridgehead atoms. The van der Waals surface area contributed by atoms with Gasteiger partial charge in [-0.05, 0) is 42.3 Å². The van der Waals surface area contributed by atoms with Crippen LogP contribution >= 0.6 is 15.9 Å². The Bertz CT molecular complexity index is 681. The largest absolute Gasteiger partial charge is 1.00 e. The van der Waals surface area contributed by atoms with Crippen molar-refractivity contribution in [1.82, 2.24) is 0 Å². The van der Waals surface area contributed by atoms with E-state index >= 15 is 0 Å². The predicted molar refractivity (Wildman–Crippen MR) is 87.8 cm³/mol. The molecular formula is C17H21Br2NO5. The average Bonchev–Trinajstić information content (AvgIpc) is 2.80. The third-order valence-corrected chi connectivity index (χ3v) is 4.82. The quantitative estimate of drug-likeness (QED) is 0.297. The molecule has 1 fully saturated rings. The van der Waals surface area contributed by atoms with Gasteiger partial charge in [0.15, 0.2) is 23.4 Å². The van der Waals surface area contributed by atoms with Crippen molar-refractivity contribution < 1.29 is 45.4 Å². The molecule has 1 aliphatic heterocycles. The second-order valence-electron chi connectivity index (χ2n) is 6.07. The zero-order valence-electron chi connectivity index (χ0n) is 14.4. The molecular weight excluding hydrogens is 458 g/mol. The van der Waals surface area contributed by atoms with Crippen molar-refractivity contribution in [3.8, 4) is 0 Å². The highest BCUT2D eigenvalue weighted by Crippen LogP contribution is 2.44. The number of pyridine rings is 1. The Morgan fingerprint density at radius 2 is 2.08 bits per heavy atom. The van der Waals surface area contributed by atoms with Crippen molar-refractivity contribution in [2.45, 2.75) is 45.8 Å². The number of hydrogen-bond acceptors (Lipinski definition) is 5. The van der Waals surface area contributed by atoms with Crippen LogP contribution in [-0.4, -0.2) is 29.9 Å².